The Morgan fingerprint density at radius 2 is 1.60 bits per heavy atom. The average molecular weight is 270 g/mol. The van der Waals surface area contributed by atoms with Gasteiger partial charge in [-0.15, -0.1) is 0 Å². The summed E-state index contributed by atoms with van der Waals surface area (Å²) in [6, 6.07) is 14.7. The largest absolute Gasteiger partial charge is 0.399 e. The number of benzene rings is 2. The maximum atomic E-state index is 11.8. The number of nitrogens with one attached hydrogen (secondary N) is 1. The molecule has 0 bridgehead atoms. The van der Waals surface area contributed by atoms with Crippen LogP contribution in [0.5, 0.6) is 0 Å². The van der Waals surface area contributed by atoms with Gasteiger partial charge in [0.25, 0.3) is 0 Å². The van der Waals surface area contributed by atoms with Crippen LogP contribution in [0.1, 0.15) is 17.5 Å². The highest BCUT2D eigenvalue weighted by Crippen LogP contribution is 2.11. The number of anilines is 2. The predicted octanol–water partition coefficient (Wildman–Crippen LogP) is 2.33. The van der Waals surface area contributed by atoms with Gasteiger partial charge >= 0.3 is 0 Å². The quantitative estimate of drug-likeness (QED) is 0.730. The molecule has 2 rings (SSSR count). The number of carbonyl (C=O) groups excluding carboxylic acids is 1. The second-order valence-electron chi connectivity index (χ2n) is 4.64. The lowest BCUT2D eigenvalue weighted by Crippen LogP contribution is -2.12. The molecule has 0 saturated carbocycles. The van der Waals surface area contributed by atoms with Gasteiger partial charge in [0.2, 0.25) is 5.91 Å². The van der Waals surface area contributed by atoms with Crippen molar-refractivity contribution in [2.45, 2.75) is 19.4 Å². The summed E-state index contributed by atoms with van der Waals surface area (Å²) in [4.78, 5) is 11.8. The molecule has 0 aliphatic rings. The molecule has 0 unspecified atom stereocenters. The van der Waals surface area contributed by atoms with Crippen LogP contribution in [0.2, 0.25) is 0 Å². The topological polar surface area (TPSA) is 75.4 Å². The van der Waals surface area contributed by atoms with Crippen molar-refractivity contribution in [1.82, 2.24) is 0 Å². The SMILES string of the molecule is Nc1ccc(CCC(=O)Nc2ccc(CO)cc2)cc1. The standard InChI is InChI=1S/C16H18N2O2/c17-14-6-1-12(2-7-14)5-10-16(20)18-15-8-3-13(11-19)4-9-15/h1-4,6-9,19H,5,10-11,17H2,(H,18,20). The first-order chi connectivity index (χ1) is 9.67. The molecule has 0 heterocycles. The Balaban J connectivity index is 1.84. The first-order valence-corrected chi connectivity index (χ1v) is 6.51. The van der Waals surface area contributed by atoms with Gasteiger partial charge in [-0.05, 0) is 41.8 Å². The molecular formula is C16H18N2O2. The van der Waals surface area contributed by atoms with Crippen molar-refractivity contribution in [3.05, 3.63) is 59.7 Å². The molecule has 0 radical (unpaired) electrons. The molecule has 1 amide bonds. The van der Waals surface area contributed by atoms with Crippen LogP contribution in [-0.4, -0.2) is 11.0 Å². The first-order valence-electron chi connectivity index (χ1n) is 6.51. The molecule has 20 heavy (non-hydrogen) atoms. The van der Waals surface area contributed by atoms with Crippen LogP contribution in [-0.2, 0) is 17.8 Å². The highest BCUT2D eigenvalue weighted by molar-refractivity contribution is 5.90. The molecule has 0 aliphatic carbocycles. The average Bonchev–Trinajstić information content (AvgIpc) is 2.47. The molecule has 4 nitrogen and oxygen atoms in total. The molecule has 0 spiro atoms. The smallest absolute Gasteiger partial charge is 0.224 e. The number of hydrogen-bond acceptors (Lipinski definition) is 3. The van der Waals surface area contributed by atoms with Crippen LogP contribution in [0.15, 0.2) is 48.5 Å². The number of nitrogen functional groups attached to an aromatic ring is 1. The number of aliphatic hydroxyl groups excluding tert-OH is 1. The Morgan fingerprint density at radius 1 is 1.00 bits per heavy atom. The van der Waals surface area contributed by atoms with Crippen LogP contribution >= 0.6 is 0 Å². The molecule has 2 aromatic rings. The molecule has 4 heteroatoms. The van der Waals surface area contributed by atoms with Crippen LogP contribution in [0.4, 0.5) is 11.4 Å². The summed E-state index contributed by atoms with van der Waals surface area (Å²) in [5.74, 6) is -0.0291. The third-order valence-electron chi connectivity index (χ3n) is 3.04. The van der Waals surface area contributed by atoms with E-state index in [2.05, 4.69) is 5.32 Å². The third-order valence-corrected chi connectivity index (χ3v) is 3.04. The minimum absolute atomic E-state index is 0.00532. The number of rotatable bonds is 5. The van der Waals surface area contributed by atoms with Crippen LogP contribution < -0.4 is 11.1 Å². The Morgan fingerprint density at radius 3 is 2.20 bits per heavy atom. The number of nitrogens with two attached hydrogens (primary N) is 1. The van der Waals surface area contributed by atoms with E-state index in [1.54, 1.807) is 24.3 Å². The van der Waals surface area contributed by atoms with Crippen molar-refractivity contribution in [3.63, 3.8) is 0 Å². The Kier molecular flexibility index (Phi) is 4.74. The molecule has 0 atom stereocenters. The second-order valence-corrected chi connectivity index (χ2v) is 4.64. The van der Waals surface area contributed by atoms with Gasteiger partial charge in [0.15, 0.2) is 0 Å². The zero-order chi connectivity index (χ0) is 14.4. The van der Waals surface area contributed by atoms with E-state index in [1.165, 1.54) is 0 Å². The van der Waals surface area contributed by atoms with E-state index in [0.717, 1.165) is 22.5 Å². The number of aryl methyl sites for hydroxylation is 1. The Labute approximate surface area is 118 Å². The minimum Gasteiger partial charge on any atom is -0.399 e. The van der Waals surface area contributed by atoms with E-state index < -0.39 is 0 Å². The summed E-state index contributed by atoms with van der Waals surface area (Å²) < 4.78 is 0. The number of carbonyl (C=O) groups is 1. The maximum absolute atomic E-state index is 11.8. The molecule has 0 fully saturated rings. The van der Waals surface area contributed by atoms with E-state index in [4.69, 9.17) is 10.8 Å². The molecule has 2 aromatic carbocycles. The summed E-state index contributed by atoms with van der Waals surface area (Å²) in [6.07, 6.45) is 1.10. The molecule has 104 valence electrons. The molecule has 4 N–H and O–H groups in total. The maximum Gasteiger partial charge on any atom is 0.224 e. The van der Waals surface area contributed by atoms with E-state index in [9.17, 15) is 4.79 Å². The number of amides is 1. The Bertz CT molecular complexity index is 562. The first kappa shape index (κ1) is 14.1. The predicted molar refractivity (Wildman–Crippen MR) is 80.2 cm³/mol. The van der Waals surface area contributed by atoms with Crippen molar-refractivity contribution < 1.29 is 9.90 Å². The van der Waals surface area contributed by atoms with Gasteiger partial charge in [0.05, 0.1) is 6.61 Å². The lowest BCUT2D eigenvalue weighted by atomic mass is 10.1. The molecule has 0 aromatic heterocycles. The fourth-order valence-corrected chi connectivity index (χ4v) is 1.86. The highest BCUT2D eigenvalue weighted by Gasteiger charge is 2.03. The molecule has 0 aliphatic heterocycles. The molecular weight excluding hydrogens is 252 g/mol. The van der Waals surface area contributed by atoms with E-state index in [1.807, 2.05) is 24.3 Å². The normalized spacial score (nSPS) is 10.2. The summed E-state index contributed by atoms with van der Waals surface area (Å²) in [7, 11) is 0. The van der Waals surface area contributed by atoms with E-state index in [-0.39, 0.29) is 12.5 Å². The van der Waals surface area contributed by atoms with Gasteiger partial charge in [-0.1, -0.05) is 24.3 Å². The van der Waals surface area contributed by atoms with E-state index >= 15 is 0 Å². The summed E-state index contributed by atoms with van der Waals surface area (Å²) >= 11 is 0. The Hall–Kier alpha value is -2.33. The lowest BCUT2D eigenvalue weighted by Gasteiger charge is -2.06. The van der Waals surface area contributed by atoms with Crippen LogP contribution in [0.3, 0.4) is 0 Å². The second kappa shape index (κ2) is 6.73. The monoisotopic (exact) mass is 270 g/mol. The fourth-order valence-electron chi connectivity index (χ4n) is 1.86. The zero-order valence-electron chi connectivity index (χ0n) is 11.2. The van der Waals surface area contributed by atoms with Crippen molar-refractivity contribution in [2.24, 2.45) is 0 Å². The summed E-state index contributed by atoms with van der Waals surface area (Å²) in [5.41, 5.74) is 8.99. The summed E-state index contributed by atoms with van der Waals surface area (Å²) in [5, 5.41) is 11.8. The van der Waals surface area contributed by atoms with Crippen molar-refractivity contribution in [3.8, 4) is 0 Å². The minimum atomic E-state index is -0.0291. The van der Waals surface area contributed by atoms with Crippen molar-refractivity contribution in [2.75, 3.05) is 11.1 Å². The van der Waals surface area contributed by atoms with Crippen LogP contribution in [0, 0.1) is 0 Å². The van der Waals surface area contributed by atoms with Gasteiger partial charge in [0, 0.05) is 17.8 Å². The third kappa shape index (κ3) is 4.10. The van der Waals surface area contributed by atoms with Gasteiger partial charge < -0.3 is 16.2 Å². The summed E-state index contributed by atoms with van der Waals surface area (Å²) in [6.45, 7) is 0.00532. The van der Waals surface area contributed by atoms with Gasteiger partial charge in [-0.3, -0.25) is 4.79 Å². The van der Waals surface area contributed by atoms with Gasteiger partial charge in [-0.2, -0.15) is 0 Å². The fraction of sp³-hybridized carbons (Fsp3) is 0.188. The lowest BCUT2D eigenvalue weighted by molar-refractivity contribution is -0.116. The van der Waals surface area contributed by atoms with Crippen LogP contribution in [0.25, 0.3) is 0 Å². The molecule has 0 saturated heterocycles. The zero-order valence-corrected chi connectivity index (χ0v) is 11.2. The number of hydrogen-bond donors (Lipinski definition) is 3. The number of aliphatic hydroxyl groups is 1. The van der Waals surface area contributed by atoms with Gasteiger partial charge in [0.1, 0.15) is 0 Å². The van der Waals surface area contributed by atoms with Crippen molar-refractivity contribution in [1.29, 1.82) is 0 Å². The van der Waals surface area contributed by atoms with Crippen molar-refractivity contribution >= 4 is 17.3 Å². The van der Waals surface area contributed by atoms with Gasteiger partial charge in [-0.25, -0.2) is 0 Å². The van der Waals surface area contributed by atoms with E-state index in [0.29, 0.717) is 12.8 Å². The highest BCUT2D eigenvalue weighted by atomic mass is 16.3.